The minimum Gasteiger partial charge on any atom is -0.744 e. The number of nitrogens with zero attached hydrogens (tertiary/aromatic N) is 2. The molecule has 0 aliphatic heterocycles. The van der Waals surface area contributed by atoms with E-state index in [-0.39, 0.29) is 9.79 Å². The number of nitrogens with one attached hydrogen (secondary N) is 1. The second kappa shape index (κ2) is 18.4. The van der Waals surface area contributed by atoms with Gasteiger partial charge in [-0.25, -0.2) is 13.0 Å². The Labute approximate surface area is 348 Å². The molecule has 12 heteroatoms. The first-order valence-electron chi connectivity index (χ1n) is 19.5. The van der Waals surface area contributed by atoms with Gasteiger partial charge in [-0.05, 0) is 152 Å². The Morgan fingerprint density at radius 3 is 2.02 bits per heavy atom. The van der Waals surface area contributed by atoms with E-state index >= 15 is 0 Å². The van der Waals surface area contributed by atoms with Gasteiger partial charge in [-0.1, -0.05) is 42.5 Å². The second-order valence-corrected chi connectivity index (χ2v) is 17.1. The number of hydrogen-bond donors (Lipinski definition) is 2. The number of aryl methyl sites for hydroxylation is 1. The lowest BCUT2D eigenvalue weighted by atomic mass is 9.85. The van der Waals surface area contributed by atoms with Crippen LogP contribution in [0.15, 0.2) is 154 Å². The highest BCUT2D eigenvalue weighted by atomic mass is 32.2. The first kappa shape index (κ1) is 42.8. The summed E-state index contributed by atoms with van der Waals surface area (Å²) in [6.07, 6.45) is 6.36. The number of rotatable bonds is 15. The van der Waals surface area contributed by atoms with Crippen LogP contribution in [-0.4, -0.2) is 55.9 Å². The summed E-state index contributed by atoms with van der Waals surface area (Å²) in [6.45, 7) is 13.0. The van der Waals surface area contributed by atoms with Gasteiger partial charge in [0.25, 0.3) is 10.1 Å². The van der Waals surface area contributed by atoms with Crippen molar-refractivity contribution in [1.29, 1.82) is 0 Å². The van der Waals surface area contributed by atoms with Gasteiger partial charge in [0.05, 0.1) is 16.4 Å². The van der Waals surface area contributed by atoms with Crippen LogP contribution < -0.4 is 15.0 Å². The molecule has 6 rings (SSSR count). The first-order chi connectivity index (χ1) is 28.2. The van der Waals surface area contributed by atoms with Gasteiger partial charge >= 0.3 is 0 Å². The third-order valence-electron chi connectivity index (χ3n) is 10.2. The maximum Gasteiger partial charge on any atom is 0.294 e. The zero-order valence-electron chi connectivity index (χ0n) is 33.8. The fraction of sp³-hybridized carbons (Fsp3) is 0.213. The highest BCUT2D eigenvalue weighted by Crippen LogP contribution is 2.37. The fourth-order valence-corrected chi connectivity index (χ4v) is 8.30. The van der Waals surface area contributed by atoms with Crippen molar-refractivity contribution in [3.8, 4) is 5.75 Å². The maximum absolute atomic E-state index is 11.8. The van der Waals surface area contributed by atoms with Gasteiger partial charge in [-0.15, -0.1) is 0 Å². The third-order valence-corrected chi connectivity index (χ3v) is 11.9. The van der Waals surface area contributed by atoms with Gasteiger partial charge in [-0.3, -0.25) is 4.55 Å². The molecular weight excluding hydrogens is 783 g/mol. The molecule has 0 saturated heterocycles. The van der Waals surface area contributed by atoms with E-state index in [1.54, 1.807) is 12.1 Å². The van der Waals surface area contributed by atoms with Crippen molar-refractivity contribution in [3.63, 3.8) is 0 Å². The molecule has 0 bridgehead atoms. The van der Waals surface area contributed by atoms with Crippen LogP contribution >= 0.6 is 0 Å². The van der Waals surface area contributed by atoms with Crippen molar-refractivity contribution in [2.24, 2.45) is 0 Å². The average molecular weight is 832 g/mol. The summed E-state index contributed by atoms with van der Waals surface area (Å²) in [4.78, 5) is 1.76. The summed E-state index contributed by atoms with van der Waals surface area (Å²) in [5.74, 6) is 0.815. The first-order valence-corrected chi connectivity index (χ1v) is 22.3. The van der Waals surface area contributed by atoms with Crippen molar-refractivity contribution in [1.82, 2.24) is 0 Å². The zero-order chi connectivity index (χ0) is 42.3. The molecule has 0 amide bonds. The molecule has 59 heavy (non-hydrogen) atoms. The van der Waals surface area contributed by atoms with Crippen LogP contribution in [0.4, 0.5) is 17.1 Å². The largest absolute Gasteiger partial charge is 0.744 e. The predicted octanol–water partition coefficient (Wildman–Crippen LogP) is 9.31. The minimum atomic E-state index is -4.57. The van der Waals surface area contributed by atoms with Crippen LogP contribution in [0.3, 0.4) is 0 Å². The van der Waals surface area contributed by atoms with Crippen LogP contribution in [0.2, 0.25) is 0 Å². The molecular formula is C47H49N3O7S2. The summed E-state index contributed by atoms with van der Waals surface area (Å²) >= 11 is 0. The van der Waals surface area contributed by atoms with Crippen molar-refractivity contribution in [2.75, 3.05) is 29.9 Å². The number of allylic oxidation sites excluding steroid dienone is 5. The lowest BCUT2D eigenvalue weighted by Crippen LogP contribution is -2.22. The van der Waals surface area contributed by atoms with E-state index in [0.717, 1.165) is 73.1 Å². The Bertz CT molecular complexity index is 2680. The van der Waals surface area contributed by atoms with E-state index in [2.05, 4.69) is 89.3 Å². The molecule has 5 aromatic rings. The standard InChI is InChI=1S/C47H49N3O7S2/c1-6-49(31-35-11-9-13-43(29-35)58(51,52)53)40-21-25-45(33(4)27-40)47(37-15-17-38(18-16-37)48-39-19-23-42(24-20-39)57-8-3)46-26-22-41(28-34(46)5)50(7-2)32-36-12-10-14-44(30-36)59(54,55)56/h9-30H,6-8,31-32H2,1-5H3,(H2,51,52,53,54,55,56). The molecule has 0 aromatic heterocycles. The van der Waals surface area contributed by atoms with Gasteiger partial charge < -0.3 is 19.5 Å². The molecule has 0 spiro atoms. The summed E-state index contributed by atoms with van der Waals surface area (Å²) in [6, 6.07) is 35.1. The normalized spacial score (nSPS) is 14.7. The Hall–Kier alpha value is -5.79. The lowest BCUT2D eigenvalue weighted by Gasteiger charge is -2.26. The molecule has 0 atom stereocenters. The maximum atomic E-state index is 11.8. The Morgan fingerprint density at radius 1 is 0.780 bits per heavy atom. The van der Waals surface area contributed by atoms with Gasteiger partial charge in [0.2, 0.25) is 0 Å². The van der Waals surface area contributed by atoms with Crippen molar-refractivity contribution < 1.29 is 35.3 Å². The highest BCUT2D eigenvalue weighted by Gasteiger charge is 2.21. The molecule has 5 aromatic carbocycles. The number of anilines is 3. The Kier molecular flexibility index (Phi) is 13.4. The molecule has 306 valence electrons. The van der Waals surface area contributed by atoms with Crippen molar-refractivity contribution >= 4 is 48.6 Å². The summed E-state index contributed by atoms with van der Waals surface area (Å²) in [5, 5.41) is 3.48. The van der Waals surface area contributed by atoms with E-state index in [0.29, 0.717) is 32.8 Å². The SMILES string of the molecule is CCOc1ccc(Nc2ccc(/C(=C3\C=CC(=[N+](CC)Cc4cccc(S(=O)(=O)O)c4)C=C3C)c3ccc(N(CC)Cc4cccc(S(=O)(=O)[O-])c4)cc3C)cc2)cc1. The van der Waals surface area contributed by atoms with E-state index < -0.39 is 20.2 Å². The minimum absolute atomic E-state index is 0.134. The zero-order valence-corrected chi connectivity index (χ0v) is 35.5. The predicted molar refractivity (Wildman–Crippen MR) is 234 cm³/mol. The van der Waals surface area contributed by atoms with E-state index in [4.69, 9.17) is 4.74 Å². The molecule has 1 aliphatic rings. The Morgan fingerprint density at radius 2 is 1.42 bits per heavy atom. The van der Waals surface area contributed by atoms with Crippen LogP contribution in [0.25, 0.3) is 5.57 Å². The van der Waals surface area contributed by atoms with Gasteiger partial charge in [0.15, 0.2) is 12.3 Å². The lowest BCUT2D eigenvalue weighted by molar-refractivity contribution is -0.539. The van der Waals surface area contributed by atoms with Crippen molar-refractivity contribution in [3.05, 3.63) is 172 Å². The highest BCUT2D eigenvalue weighted by molar-refractivity contribution is 7.86. The van der Waals surface area contributed by atoms with Crippen LogP contribution in [0, 0.1) is 6.92 Å². The van der Waals surface area contributed by atoms with E-state index in [9.17, 15) is 25.9 Å². The smallest absolute Gasteiger partial charge is 0.294 e. The monoisotopic (exact) mass is 831 g/mol. The molecule has 0 unspecified atom stereocenters. The Balaban J connectivity index is 1.38. The molecule has 10 nitrogen and oxygen atoms in total. The van der Waals surface area contributed by atoms with E-state index in [1.807, 2.05) is 57.2 Å². The van der Waals surface area contributed by atoms with Crippen molar-refractivity contribution in [2.45, 2.75) is 57.5 Å². The van der Waals surface area contributed by atoms with E-state index in [1.165, 1.54) is 24.3 Å². The molecule has 0 saturated carbocycles. The molecule has 1 aliphatic carbocycles. The summed E-state index contributed by atoms with van der Waals surface area (Å²) < 4.78 is 76.2. The van der Waals surface area contributed by atoms with Gasteiger partial charge in [0, 0.05) is 47.9 Å². The number of benzene rings is 5. The third kappa shape index (κ3) is 10.6. The molecule has 0 fully saturated rings. The average Bonchev–Trinajstić information content (AvgIpc) is 3.21. The van der Waals surface area contributed by atoms with Crippen LogP contribution in [-0.2, 0) is 33.3 Å². The topological polar surface area (TPSA) is 139 Å². The summed E-state index contributed by atoms with van der Waals surface area (Å²) in [7, 11) is -8.90. The summed E-state index contributed by atoms with van der Waals surface area (Å²) in [5.41, 5.74) is 11.5. The number of hydrogen-bond acceptors (Lipinski definition) is 8. The van der Waals surface area contributed by atoms with Gasteiger partial charge in [0.1, 0.15) is 22.4 Å². The number of ether oxygens (including phenoxy) is 1. The second-order valence-electron chi connectivity index (χ2n) is 14.3. The fourth-order valence-electron chi connectivity index (χ4n) is 7.21. The molecule has 2 N–H and O–H groups in total. The van der Waals surface area contributed by atoms with Crippen LogP contribution in [0.5, 0.6) is 5.75 Å². The van der Waals surface area contributed by atoms with Crippen LogP contribution in [0.1, 0.15) is 55.5 Å². The molecule has 0 radical (unpaired) electrons. The van der Waals surface area contributed by atoms with Gasteiger partial charge in [-0.2, -0.15) is 8.42 Å². The molecule has 0 heterocycles. The quantitative estimate of drug-likeness (QED) is 0.0781.